The summed E-state index contributed by atoms with van der Waals surface area (Å²) in [7, 11) is 0. The molecule has 3 amide bonds. The van der Waals surface area contributed by atoms with E-state index in [4.69, 9.17) is 0 Å². The molecule has 1 saturated carbocycles. The number of rotatable bonds is 1. The van der Waals surface area contributed by atoms with Gasteiger partial charge in [0.2, 0.25) is 5.91 Å². The van der Waals surface area contributed by atoms with Crippen LogP contribution in [0.15, 0.2) is 11.8 Å². The summed E-state index contributed by atoms with van der Waals surface area (Å²) in [4.78, 5) is 25.8. The van der Waals surface area contributed by atoms with Gasteiger partial charge in [-0.05, 0) is 25.7 Å². The fourth-order valence-electron chi connectivity index (χ4n) is 3.23. The highest BCUT2D eigenvalue weighted by molar-refractivity contribution is 6.01. The van der Waals surface area contributed by atoms with Crippen LogP contribution in [0.3, 0.4) is 0 Å². The number of amides is 3. The Bertz CT molecular complexity index is 383. The molecule has 0 aromatic carbocycles. The number of hydrogen-bond acceptors (Lipinski definition) is 2. The van der Waals surface area contributed by atoms with Gasteiger partial charge < -0.3 is 5.32 Å². The van der Waals surface area contributed by atoms with Crippen molar-refractivity contribution in [3.8, 4) is 0 Å². The third-order valence-corrected chi connectivity index (χ3v) is 4.14. The summed E-state index contributed by atoms with van der Waals surface area (Å²) in [5.41, 5.74) is 0.840. The summed E-state index contributed by atoms with van der Waals surface area (Å²) in [6.07, 6.45) is 9.20. The van der Waals surface area contributed by atoms with E-state index in [2.05, 4.69) is 5.32 Å². The van der Waals surface area contributed by atoms with Crippen molar-refractivity contribution in [2.45, 2.75) is 51.0 Å². The maximum absolute atomic E-state index is 12.3. The number of nitrogens with one attached hydrogen (secondary N) is 1. The third-order valence-electron chi connectivity index (χ3n) is 4.14. The summed E-state index contributed by atoms with van der Waals surface area (Å²) in [5, 5.41) is 2.88. The number of imide groups is 1. The van der Waals surface area contributed by atoms with Gasteiger partial charge in [0, 0.05) is 11.7 Å². The first kappa shape index (κ1) is 10.8. The van der Waals surface area contributed by atoms with Gasteiger partial charge in [-0.2, -0.15) is 0 Å². The predicted molar refractivity (Wildman–Crippen MR) is 63.1 cm³/mol. The van der Waals surface area contributed by atoms with E-state index in [1.807, 2.05) is 6.08 Å². The van der Waals surface area contributed by atoms with E-state index in [1.54, 1.807) is 0 Å². The van der Waals surface area contributed by atoms with Crippen LogP contribution in [0, 0.1) is 5.92 Å². The van der Waals surface area contributed by atoms with E-state index in [0.717, 1.165) is 44.2 Å². The van der Waals surface area contributed by atoms with Crippen molar-refractivity contribution >= 4 is 11.9 Å². The molecule has 17 heavy (non-hydrogen) atoms. The molecule has 1 N–H and O–H groups in total. The number of hydrogen-bond donors (Lipinski definition) is 1. The van der Waals surface area contributed by atoms with E-state index in [9.17, 15) is 9.59 Å². The van der Waals surface area contributed by atoms with Gasteiger partial charge in [-0.15, -0.1) is 0 Å². The van der Waals surface area contributed by atoms with Gasteiger partial charge in [-0.3, -0.25) is 9.69 Å². The van der Waals surface area contributed by atoms with Gasteiger partial charge in [0.1, 0.15) is 0 Å². The maximum Gasteiger partial charge on any atom is 0.328 e. The highest BCUT2D eigenvalue weighted by Crippen LogP contribution is 2.33. The van der Waals surface area contributed by atoms with Crippen LogP contribution < -0.4 is 5.32 Å². The van der Waals surface area contributed by atoms with Gasteiger partial charge in [-0.25, -0.2) is 4.79 Å². The summed E-state index contributed by atoms with van der Waals surface area (Å²) in [5.74, 6) is -0.0426. The molecule has 92 valence electrons. The minimum absolute atomic E-state index is 0.0319. The number of carbonyl (C=O) groups is 2. The highest BCUT2D eigenvalue weighted by Gasteiger charge is 2.42. The molecule has 0 radical (unpaired) electrons. The lowest BCUT2D eigenvalue weighted by molar-refractivity contribution is -0.134. The summed E-state index contributed by atoms with van der Waals surface area (Å²) in [6.45, 7) is 0. The minimum Gasteiger partial charge on any atom is -0.311 e. The Hall–Kier alpha value is -1.32. The number of nitrogens with zero attached hydrogens (tertiary/aromatic N) is 1. The van der Waals surface area contributed by atoms with Crippen molar-refractivity contribution in [3.63, 3.8) is 0 Å². The molecular formula is C13H18N2O2. The van der Waals surface area contributed by atoms with Crippen LogP contribution in [-0.4, -0.2) is 22.9 Å². The Kier molecular flexibility index (Phi) is 2.65. The molecule has 1 saturated heterocycles. The number of fused-ring (bicyclic) bond motifs is 1. The molecule has 3 rings (SSSR count). The Morgan fingerprint density at radius 3 is 2.65 bits per heavy atom. The van der Waals surface area contributed by atoms with Crippen LogP contribution in [0.1, 0.15) is 44.9 Å². The molecule has 2 fully saturated rings. The Morgan fingerprint density at radius 1 is 1.12 bits per heavy atom. The van der Waals surface area contributed by atoms with Gasteiger partial charge in [-0.1, -0.05) is 25.3 Å². The van der Waals surface area contributed by atoms with Crippen molar-refractivity contribution in [3.05, 3.63) is 11.8 Å². The van der Waals surface area contributed by atoms with Gasteiger partial charge >= 0.3 is 6.03 Å². The summed E-state index contributed by atoms with van der Waals surface area (Å²) < 4.78 is 0. The highest BCUT2D eigenvalue weighted by atomic mass is 16.2. The maximum atomic E-state index is 12.3. The van der Waals surface area contributed by atoms with Gasteiger partial charge in [0.15, 0.2) is 0 Å². The minimum atomic E-state index is -0.202. The van der Waals surface area contributed by atoms with Crippen LogP contribution in [0.25, 0.3) is 0 Å². The smallest absolute Gasteiger partial charge is 0.311 e. The monoisotopic (exact) mass is 234 g/mol. The molecule has 4 nitrogen and oxygen atoms in total. The lowest BCUT2D eigenvalue weighted by Crippen LogP contribution is -2.57. The standard InChI is InChI=1S/C13H18N2O2/c16-12-10-7-4-8-11(10)14-13(17)15(12)9-5-2-1-3-6-9/h8-10H,1-7H2,(H,14,17). The van der Waals surface area contributed by atoms with Crippen LogP contribution >= 0.6 is 0 Å². The molecule has 1 heterocycles. The zero-order valence-electron chi connectivity index (χ0n) is 9.95. The molecule has 4 heteroatoms. The second-order valence-corrected chi connectivity index (χ2v) is 5.22. The molecule has 0 aromatic rings. The molecule has 0 bridgehead atoms. The number of urea groups is 1. The Morgan fingerprint density at radius 2 is 1.88 bits per heavy atom. The first-order valence-electron chi connectivity index (χ1n) is 6.61. The lowest BCUT2D eigenvalue weighted by atomic mass is 9.92. The van der Waals surface area contributed by atoms with Crippen molar-refractivity contribution < 1.29 is 9.59 Å². The molecule has 0 spiro atoms. The first-order valence-corrected chi connectivity index (χ1v) is 6.61. The van der Waals surface area contributed by atoms with Crippen LogP contribution in [-0.2, 0) is 4.79 Å². The summed E-state index contributed by atoms with van der Waals surface area (Å²) >= 11 is 0. The molecule has 3 aliphatic rings. The Labute approximate surface area is 101 Å². The second-order valence-electron chi connectivity index (χ2n) is 5.22. The molecule has 1 aliphatic heterocycles. The van der Waals surface area contributed by atoms with E-state index in [-0.39, 0.29) is 23.9 Å². The Balaban J connectivity index is 1.81. The van der Waals surface area contributed by atoms with Crippen LogP contribution in [0.5, 0.6) is 0 Å². The van der Waals surface area contributed by atoms with Crippen LogP contribution in [0.2, 0.25) is 0 Å². The third kappa shape index (κ3) is 1.75. The topological polar surface area (TPSA) is 49.4 Å². The largest absolute Gasteiger partial charge is 0.328 e. The summed E-state index contributed by atoms with van der Waals surface area (Å²) in [6, 6.07) is -0.0651. The SMILES string of the molecule is O=C1NC2=CCCC2C(=O)N1C1CCCCC1. The molecule has 2 aliphatic carbocycles. The first-order chi connectivity index (χ1) is 8.27. The predicted octanol–water partition coefficient (Wildman–Crippen LogP) is 2.16. The zero-order chi connectivity index (χ0) is 11.8. The number of carbonyl (C=O) groups excluding carboxylic acids is 2. The number of allylic oxidation sites excluding steroid dienone is 1. The molecule has 1 unspecified atom stereocenters. The molecular weight excluding hydrogens is 216 g/mol. The van der Waals surface area contributed by atoms with Gasteiger partial charge in [0.25, 0.3) is 0 Å². The van der Waals surface area contributed by atoms with Gasteiger partial charge in [0.05, 0.1) is 5.92 Å². The quantitative estimate of drug-likeness (QED) is 0.756. The fourth-order valence-corrected chi connectivity index (χ4v) is 3.23. The van der Waals surface area contributed by atoms with E-state index in [0.29, 0.717) is 0 Å². The van der Waals surface area contributed by atoms with E-state index >= 15 is 0 Å². The van der Waals surface area contributed by atoms with E-state index in [1.165, 1.54) is 11.3 Å². The fraction of sp³-hybridized carbons (Fsp3) is 0.692. The normalized spacial score (nSPS) is 30.0. The molecule has 0 aromatic heterocycles. The van der Waals surface area contributed by atoms with Crippen molar-refractivity contribution in [1.29, 1.82) is 0 Å². The average molecular weight is 234 g/mol. The second kappa shape index (κ2) is 4.17. The van der Waals surface area contributed by atoms with Crippen molar-refractivity contribution in [2.24, 2.45) is 5.92 Å². The molecule has 1 atom stereocenters. The van der Waals surface area contributed by atoms with Crippen LogP contribution in [0.4, 0.5) is 4.79 Å². The van der Waals surface area contributed by atoms with Crippen molar-refractivity contribution in [2.75, 3.05) is 0 Å². The van der Waals surface area contributed by atoms with E-state index < -0.39 is 0 Å². The lowest BCUT2D eigenvalue weighted by Gasteiger charge is -2.38. The average Bonchev–Trinajstić information content (AvgIpc) is 2.78. The zero-order valence-corrected chi connectivity index (χ0v) is 9.95. The van der Waals surface area contributed by atoms with Crippen molar-refractivity contribution in [1.82, 2.24) is 10.2 Å².